The highest BCUT2D eigenvalue weighted by atomic mass is 32.2. The molecule has 114 valence electrons. The van der Waals surface area contributed by atoms with Crippen LogP contribution >= 0.6 is 11.8 Å². The molecule has 0 aliphatic heterocycles. The van der Waals surface area contributed by atoms with Crippen LogP contribution in [0.15, 0.2) is 54.6 Å². The molecule has 22 heavy (non-hydrogen) atoms. The number of aliphatic carboxylic acids is 1. The maximum Gasteiger partial charge on any atom is 0.307 e. The minimum Gasteiger partial charge on any atom is -0.481 e. The summed E-state index contributed by atoms with van der Waals surface area (Å²) in [4.78, 5) is 22.4. The summed E-state index contributed by atoms with van der Waals surface area (Å²) in [6.07, 6.45) is 0.427. The fourth-order valence-electron chi connectivity index (χ4n) is 2.23. The molecule has 0 saturated heterocycles. The van der Waals surface area contributed by atoms with Gasteiger partial charge in [0.1, 0.15) is 0 Å². The average Bonchev–Trinajstić information content (AvgIpc) is 2.52. The van der Waals surface area contributed by atoms with Gasteiger partial charge >= 0.3 is 5.97 Å². The van der Waals surface area contributed by atoms with E-state index in [0.29, 0.717) is 12.2 Å². The quantitative estimate of drug-likeness (QED) is 0.879. The highest BCUT2D eigenvalue weighted by molar-refractivity contribution is 8.13. The first kappa shape index (κ1) is 16.3. The number of benzene rings is 2. The van der Waals surface area contributed by atoms with Crippen molar-refractivity contribution >= 4 is 22.8 Å². The Balaban J connectivity index is 2.14. The van der Waals surface area contributed by atoms with Gasteiger partial charge in [-0.1, -0.05) is 66.4 Å². The first-order valence-electron chi connectivity index (χ1n) is 7.07. The standard InChI is InChI=1S/C18H18O3S/c1-13(19)22-12-17(18(20)21)11-14-6-5-9-16(10-14)15-7-3-2-4-8-15/h2-10,17H,11-12H2,1H3,(H,20,21). The van der Waals surface area contributed by atoms with Gasteiger partial charge in [-0.25, -0.2) is 0 Å². The van der Waals surface area contributed by atoms with Gasteiger partial charge < -0.3 is 5.11 Å². The van der Waals surface area contributed by atoms with Crippen LogP contribution in [0.3, 0.4) is 0 Å². The van der Waals surface area contributed by atoms with Crippen LogP contribution in [0.2, 0.25) is 0 Å². The maximum atomic E-state index is 11.3. The molecule has 0 fully saturated rings. The van der Waals surface area contributed by atoms with E-state index >= 15 is 0 Å². The SMILES string of the molecule is CC(=O)SCC(Cc1cccc(-c2ccccc2)c1)C(=O)O. The average molecular weight is 314 g/mol. The third kappa shape index (κ3) is 4.74. The number of carboxylic acids is 1. The number of rotatable bonds is 6. The smallest absolute Gasteiger partial charge is 0.307 e. The lowest BCUT2D eigenvalue weighted by molar-refractivity contribution is -0.140. The van der Waals surface area contributed by atoms with Crippen molar-refractivity contribution in [3.05, 3.63) is 60.2 Å². The van der Waals surface area contributed by atoms with Crippen LogP contribution in [-0.2, 0) is 16.0 Å². The molecule has 0 saturated carbocycles. The molecule has 1 atom stereocenters. The van der Waals surface area contributed by atoms with Crippen molar-refractivity contribution < 1.29 is 14.7 Å². The molecule has 1 N–H and O–H groups in total. The lowest BCUT2D eigenvalue weighted by atomic mass is 9.97. The summed E-state index contributed by atoms with van der Waals surface area (Å²) in [6, 6.07) is 17.9. The summed E-state index contributed by atoms with van der Waals surface area (Å²) in [5.41, 5.74) is 3.15. The molecular formula is C18H18O3S. The zero-order valence-corrected chi connectivity index (χ0v) is 13.2. The third-order valence-corrected chi connectivity index (χ3v) is 4.33. The molecule has 3 nitrogen and oxygen atoms in total. The number of hydrogen-bond acceptors (Lipinski definition) is 3. The zero-order valence-electron chi connectivity index (χ0n) is 12.4. The normalized spacial score (nSPS) is 11.9. The Labute approximate surface area is 134 Å². The van der Waals surface area contributed by atoms with Crippen molar-refractivity contribution in [2.24, 2.45) is 5.92 Å². The van der Waals surface area contributed by atoms with Crippen LogP contribution in [0.5, 0.6) is 0 Å². The Morgan fingerprint density at radius 1 is 1.05 bits per heavy atom. The molecular weight excluding hydrogens is 296 g/mol. The Kier molecular flexibility index (Phi) is 5.78. The maximum absolute atomic E-state index is 11.3. The first-order chi connectivity index (χ1) is 10.6. The predicted octanol–water partition coefficient (Wildman–Crippen LogP) is 3.88. The van der Waals surface area contributed by atoms with Gasteiger partial charge in [-0.05, 0) is 23.1 Å². The van der Waals surface area contributed by atoms with Crippen molar-refractivity contribution in [2.45, 2.75) is 13.3 Å². The molecule has 0 aromatic heterocycles. The summed E-state index contributed by atoms with van der Waals surface area (Å²) in [5, 5.41) is 9.26. The predicted molar refractivity (Wildman–Crippen MR) is 89.8 cm³/mol. The van der Waals surface area contributed by atoms with E-state index in [4.69, 9.17) is 0 Å². The molecule has 2 rings (SSSR count). The molecule has 2 aromatic carbocycles. The van der Waals surface area contributed by atoms with Crippen LogP contribution in [0.25, 0.3) is 11.1 Å². The van der Waals surface area contributed by atoms with Crippen molar-refractivity contribution in [1.29, 1.82) is 0 Å². The van der Waals surface area contributed by atoms with E-state index in [1.54, 1.807) is 0 Å². The monoisotopic (exact) mass is 314 g/mol. The lowest BCUT2D eigenvalue weighted by Crippen LogP contribution is -2.19. The fourth-order valence-corrected chi connectivity index (χ4v) is 2.92. The second-order valence-electron chi connectivity index (χ2n) is 5.11. The van der Waals surface area contributed by atoms with Crippen LogP contribution in [-0.4, -0.2) is 21.9 Å². The lowest BCUT2D eigenvalue weighted by Gasteiger charge is -2.12. The Bertz CT molecular complexity index is 652. The molecule has 1 unspecified atom stereocenters. The Hall–Kier alpha value is -2.07. The summed E-state index contributed by atoms with van der Waals surface area (Å²) in [6.45, 7) is 1.46. The van der Waals surface area contributed by atoms with Crippen molar-refractivity contribution in [1.82, 2.24) is 0 Å². The van der Waals surface area contributed by atoms with Gasteiger partial charge in [0.2, 0.25) is 0 Å². The molecule has 0 aliphatic carbocycles. The van der Waals surface area contributed by atoms with Crippen LogP contribution in [0.1, 0.15) is 12.5 Å². The number of carbonyl (C=O) groups excluding carboxylic acids is 1. The number of carboxylic acid groups (broad SMARTS) is 1. The van der Waals surface area contributed by atoms with E-state index in [1.807, 2.05) is 54.6 Å². The highest BCUT2D eigenvalue weighted by Crippen LogP contribution is 2.22. The van der Waals surface area contributed by atoms with Gasteiger partial charge in [-0.2, -0.15) is 0 Å². The molecule has 0 radical (unpaired) electrons. The zero-order chi connectivity index (χ0) is 15.9. The molecule has 0 spiro atoms. The van der Waals surface area contributed by atoms with Gasteiger partial charge in [0.25, 0.3) is 0 Å². The van der Waals surface area contributed by atoms with Gasteiger partial charge in [-0.15, -0.1) is 0 Å². The van der Waals surface area contributed by atoms with Gasteiger partial charge in [0, 0.05) is 12.7 Å². The van der Waals surface area contributed by atoms with Gasteiger partial charge in [-0.3, -0.25) is 9.59 Å². The van der Waals surface area contributed by atoms with E-state index in [9.17, 15) is 14.7 Å². The Morgan fingerprint density at radius 3 is 2.36 bits per heavy atom. The number of hydrogen-bond donors (Lipinski definition) is 1. The van der Waals surface area contributed by atoms with Crippen LogP contribution < -0.4 is 0 Å². The minimum atomic E-state index is -0.862. The Morgan fingerprint density at radius 2 is 1.73 bits per heavy atom. The summed E-state index contributed by atoms with van der Waals surface area (Å²) >= 11 is 1.07. The fraction of sp³-hybridized carbons (Fsp3) is 0.222. The van der Waals surface area contributed by atoms with E-state index in [2.05, 4.69) is 0 Å². The number of carbonyl (C=O) groups is 2. The highest BCUT2D eigenvalue weighted by Gasteiger charge is 2.19. The second kappa shape index (κ2) is 7.80. The van der Waals surface area contributed by atoms with Crippen molar-refractivity contribution in [2.75, 3.05) is 5.75 Å². The molecule has 4 heteroatoms. The van der Waals surface area contributed by atoms with E-state index in [1.165, 1.54) is 6.92 Å². The topological polar surface area (TPSA) is 54.4 Å². The summed E-state index contributed by atoms with van der Waals surface area (Å²) in [5.74, 6) is -1.11. The third-order valence-electron chi connectivity index (χ3n) is 3.35. The largest absolute Gasteiger partial charge is 0.481 e. The molecule has 0 bridgehead atoms. The minimum absolute atomic E-state index is 0.0516. The van der Waals surface area contributed by atoms with Gasteiger partial charge in [0.15, 0.2) is 5.12 Å². The van der Waals surface area contributed by atoms with Crippen LogP contribution in [0, 0.1) is 5.92 Å². The van der Waals surface area contributed by atoms with Gasteiger partial charge in [0.05, 0.1) is 5.92 Å². The van der Waals surface area contributed by atoms with E-state index < -0.39 is 11.9 Å². The first-order valence-corrected chi connectivity index (χ1v) is 8.05. The molecule has 0 aliphatic rings. The van der Waals surface area contributed by atoms with E-state index in [0.717, 1.165) is 28.5 Å². The van der Waals surface area contributed by atoms with E-state index in [-0.39, 0.29) is 5.12 Å². The number of thioether (sulfide) groups is 1. The van der Waals surface area contributed by atoms with Crippen LogP contribution in [0.4, 0.5) is 0 Å². The van der Waals surface area contributed by atoms with Crippen molar-refractivity contribution in [3.8, 4) is 11.1 Å². The summed E-state index contributed by atoms with van der Waals surface area (Å²) in [7, 11) is 0. The second-order valence-corrected chi connectivity index (χ2v) is 6.31. The molecule has 0 amide bonds. The van der Waals surface area contributed by atoms with Crippen molar-refractivity contribution in [3.63, 3.8) is 0 Å². The summed E-state index contributed by atoms with van der Waals surface area (Å²) < 4.78 is 0. The molecule has 2 aromatic rings. The molecule has 0 heterocycles.